The SMILES string of the molecule is CC(=O)CCCCCCCCCCCCCCC(C)C(C)C. The van der Waals surface area contributed by atoms with Crippen LogP contribution in [0.2, 0.25) is 0 Å². The molecule has 0 heterocycles. The maximum atomic E-state index is 10.8. The van der Waals surface area contributed by atoms with Gasteiger partial charge < -0.3 is 4.79 Å². The fraction of sp³-hybridized carbons (Fsp3) is 0.952. The van der Waals surface area contributed by atoms with Crippen LogP contribution >= 0.6 is 0 Å². The minimum absolute atomic E-state index is 0.346. The molecule has 1 heteroatoms. The predicted octanol–water partition coefficient (Wildman–Crippen LogP) is 7.33. The molecule has 0 aliphatic heterocycles. The minimum Gasteiger partial charge on any atom is -0.300 e. The summed E-state index contributed by atoms with van der Waals surface area (Å²) in [5.41, 5.74) is 0. The summed E-state index contributed by atoms with van der Waals surface area (Å²) < 4.78 is 0. The second-order valence-corrected chi connectivity index (χ2v) is 7.70. The van der Waals surface area contributed by atoms with Gasteiger partial charge in [-0.2, -0.15) is 0 Å². The molecule has 0 aromatic heterocycles. The molecule has 1 atom stereocenters. The molecule has 0 bridgehead atoms. The van der Waals surface area contributed by atoms with Crippen molar-refractivity contribution in [3.05, 3.63) is 0 Å². The molecule has 132 valence electrons. The molecule has 0 aliphatic carbocycles. The Morgan fingerprint density at radius 3 is 1.36 bits per heavy atom. The maximum absolute atomic E-state index is 10.8. The topological polar surface area (TPSA) is 17.1 Å². The number of ketones is 1. The summed E-state index contributed by atoms with van der Waals surface area (Å²) in [6.45, 7) is 8.78. The van der Waals surface area contributed by atoms with Gasteiger partial charge in [-0.25, -0.2) is 0 Å². The van der Waals surface area contributed by atoms with Crippen molar-refractivity contribution < 1.29 is 4.79 Å². The molecule has 1 nitrogen and oxygen atoms in total. The highest BCUT2D eigenvalue weighted by molar-refractivity contribution is 5.75. The van der Waals surface area contributed by atoms with Crippen molar-refractivity contribution in [3.8, 4) is 0 Å². The molecule has 0 spiro atoms. The van der Waals surface area contributed by atoms with Crippen LogP contribution in [0.3, 0.4) is 0 Å². The molecule has 0 rings (SSSR count). The van der Waals surface area contributed by atoms with Crippen molar-refractivity contribution in [3.63, 3.8) is 0 Å². The van der Waals surface area contributed by atoms with Gasteiger partial charge in [0.05, 0.1) is 0 Å². The lowest BCUT2D eigenvalue weighted by molar-refractivity contribution is -0.117. The van der Waals surface area contributed by atoms with Gasteiger partial charge in [0.2, 0.25) is 0 Å². The second kappa shape index (κ2) is 15.6. The van der Waals surface area contributed by atoms with Gasteiger partial charge in [-0.05, 0) is 25.2 Å². The van der Waals surface area contributed by atoms with Gasteiger partial charge in [0.25, 0.3) is 0 Å². The van der Waals surface area contributed by atoms with Gasteiger partial charge in [-0.15, -0.1) is 0 Å². The Balaban J connectivity index is 3.07. The number of hydrogen-bond acceptors (Lipinski definition) is 1. The number of hydrogen-bond donors (Lipinski definition) is 0. The third-order valence-electron chi connectivity index (χ3n) is 5.08. The molecule has 0 aliphatic rings. The van der Waals surface area contributed by atoms with E-state index < -0.39 is 0 Å². The first-order valence-corrected chi connectivity index (χ1v) is 10.0. The van der Waals surface area contributed by atoms with Crippen LogP contribution in [-0.2, 0) is 4.79 Å². The summed E-state index contributed by atoms with van der Waals surface area (Å²) >= 11 is 0. The lowest BCUT2D eigenvalue weighted by Crippen LogP contribution is -2.03. The fourth-order valence-corrected chi connectivity index (χ4v) is 2.94. The summed E-state index contributed by atoms with van der Waals surface area (Å²) in [4.78, 5) is 10.8. The monoisotopic (exact) mass is 310 g/mol. The second-order valence-electron chi connectivity index (χ2n) is 7.70. The first-order chi connectivity index (χ1) is 10.5. The quantitative estimate of drug-likeness (QED) is 0.273. The number of carbonyl (C=O) groups excluding carboxylic acids is 1. The average molecular weight is 311 g/mol. The first-order valence-electron chi connectivity index (χ1n) is 10.0. The zero-order valence-corrected chi connectivity index (χ0v) is 16.0. The van der Waals surface area contributed by atoms with Gasteiger partial charge >= 0.3 is 0 Å². The minimum atomic E-state index is 0.346. The van der Waals surface area contributed by atoms with Gasteiger partial charge in [0, 0.05) is 6.42 Å². The van der Waals surface area contributed by atoms with Crippen molar-refractivity contribution in [2.75, 3.05) is 0 Å². The Morgan fingerprint density at radius 1 is 0.636 bits per heavy atom. The van der Waals surface area contributed by atoms with Crippen LogP contribution in [-0.4, -0.2) is 5.78 Å². The predicted molar refractivity (Wildman–Crippen MR) is 99.3 cm³/mol. The van der Waals surface area contributed by atoms with Crippen LogP contribution in [0, 0.1) is 11.8 Å². The van der Waals surface area contributed by atoms with Crippen LogP contribution < -0.4 is 0 Å². The van der Waals surface area contributed by atoms with Crippen LogP contribution in [0.25, 0.3) is 0 Å². The van der Waals surface area contributed by atoms with Crippen LogP contribution in [0.15, 0.2) is 0 Å². The third kappa shape index (κ3) is 16.0. The molecule has 0 amide bonds. The number of unbranched alkanes of at least 4 members (excludes halogenated alkanes) is 11. The Bertz CT molecular complexity index is 244. The van der Waals surface area contributed by atoms with E-state index in [1.54, 1.807) is 6.92 Å². The van der Waals surface area contributed by atoms with Crippen LogP contribution in [0.1, 0.15) is 118 Å². The fourth-order valence-electron chi connectivity index (χ4n) is 2.94. The van der Waals surface area contributed by atoms with Crippen LogP contribution in [0.5, 0.6) is 0 Å². The number of rotatable bonds is 16. The summed E-state index contributed by atoms with van der Waals surface area (Å²) in [6, 6.07) is 0. The lowest BCUT2D eigenvalue weighted by Gasteiger charge is -2.14. The number of carbonyl (C=O) groups is 1. The molecule has 0 aromatic carbocycles. The smallest absolute Gasteiger partial charge is 0.129 e. The van der Waals surface area contributed by atoms with Gasteiger partial charge in [-0.3, -0.25) is 0 Å². The van der Waals surface area contributed by atoms with E-state index in [4.69, 9.17) is 0 Å². The zero-order chi connectivity index (χ0) is 16.6. The summed E-state index contributed by atoms with van der Waals surface area (Å²) in [5.74, 6) is 2.09. The Hall–Kier alpha value is -0.330. The Kier molecular flexibility index (Phi) is 15.3. The van der Waals surface area contributed by atoms with E-state index in [2.05, 4.69) is 20.8 Å². The Labute approximate surface area is 140 Å². The van der Waals surface area contributed by atoms with Crippen LogP contribution in [0.4, 0.5) is 0 Å². The van der Waals surface area contributed by atoms with E-state index in [1.165, 1.54) is 77.0 Å². The molecule has 0 fully saturated rings. The average Bonchev–Trinajstić information content (AvgIpc) is 2.46. The van der Waals surface area contributed by atoms with Crippen molar-refractivity contribution in [2.45, 2.75) is 118 Å². The standard InChI is InChI=1S/C21H42O/c1-19(2)20(3)17-15-13-11-9-7-5-6-8-10-12-14-16-18-21(4)22/h19-20H,5-18H2,1-4H3. The largest absolute Gasteiger partial charge is 0.300 e. The van der Waals surface area contributed by atoms with Gasteiger partial charge in [0.15, 0.2) is 0 Å². The summed E-state index contributed by atoms with van der Waals surface area (Å²) in [5, 5.41) is 0. The highest BCUT2D eigenvalue weighted by atomic mass is 16.1. The highest BCUT2D eigenvalue weighted by Crippen LogP contribution is 2.19. The molecular weight excluding hydrogens is 268 g/mol. The Morgan fingerprint density at radius 2 is 1.00 bits per heavy atom. The molecule has 0 aromatic rings. The lowest BCUT2D eigenvalue weighted by atomic mass is 9.92. The molecule has 0 N–H and O–H groups in total. The summed E-state index contributed by atoms with van der Waals surface area (Å²) in [6.07, 6.45) is 18.7. The van der Waals surface area contributed by atoms with E-state index in [1.807, 2.05) is 0 Å². The third-order valence-corrected chi connectivity index (χ3v) is 5.08. The zero-order valence-electron chi connectivity index (χ0n) is 16.0. The molecule has 0 saturated heterocycles. The van der Waals surface area contributed by atoms with E-state index in [0.29, 0.717) is 5.78 Å². The van der Waals surface area contributed by atoms with Gasteiger partial charge in [0.1, 0.15) is 5.78 Å². The molecule has 1 unspecified atom stereocenters. The van der Waals surface area contributed by atoms with Gasteiger partial charge in [-0.1, -0.05) is 97.8 Å². The molecular formula is C21H42O. The maximum Gasteiger partial charge on any atom is 0.129 e. The number of Topliss-reactive ketones (excluding diaryl/α,β-unsaturated/α-hetero) is 1. The van der Waals surface area contributed by atoms with E-state index in [9.17, 15) is 4.79 Å². The van der Waals surface area contributed by atoms with Crippen molar-refractivity contribution in [2.24, 2.45) is 11.8 Å². The normalized spacial score (nSPS) is 12.8. The van der Waals surface area contributed by atoms with E-state index in [0.717, 1.165) is 24.7 Å². The van der Waals surface area contributed by atoms with E-state index >= 15 is 0 Å². The van der Waals surface area contributed by atoms with Crippen molar-refractivity contribution in [1.82, 2.24) is 0 Å². The van der Waals surface area contributed by atoms with E-state index in [-0.39, 0.29) is 0 Å². The first kappa shape index (κ1) is 21.7. The molecule has 22 heavy (non-hydrogen) atoms. The molecule has 0 saturated carbocycles. The summed E-state index contributed by atoms with van der Waals surface area (Å²) in [7, 11) is 0. The van der Waals surface area contributed by atoms with Crippen molar-refractivity contribution in [1.29, 1.82) is 0 Å². The molecule has 0 radical (unpaired) electrons. The van der Waals surface area contributed by atoms with Crippen molar-refractivity contribution >= 4 is 5.78 Å². The highest BCUT2D eigenvalue weighted by Gasteiger charge is 2.05.